The van der Waals surface area contributed by atoms with E-state index in [1.165, 1.54) is 0 Å². The number of aliphatic carboxylic acids is 1. The number of nitrogens with one attached hydrogen (secondary N) is 1. The molecular weight excluding hydrogens is 246 g/mol. The zero-order chi connectivity index (χ0) is 13.9. The zero-order valence-corrected chi connectivity index (χ0v) is 11.2. The van der Waals surface area contributed by atoms with E-state index in [-0.39, 0.29) is 6.42 Å². The van der Waals surface area contributed by atoms with E-state index in [4.69, 9.17) is 14.6 Å². The minimum Gasteiger partial charge on any atom is -0.481 e. The van der Waals surface area contributed by atoms with Crippen LogP contribution in [0.25, 0.3) is 0 Å². The monoisotopic (exact) mass is 267 g/mol. The Morgan fingerprint density at radius 1 is 1.16 bits per heavy atom. The SMILES string of the molecule is COCCOCCNCc1ccc(CC(=O)O)cc1. The summed E-state index contributed by atoms with van der Waals surface area (Å²) < 4.78 is 10.2. The van der Waals surface area contributed by atoms with Crippen molar-refractivity contribution in [2.24, 2.45) is 0 Å². The Morgan fingerprint density at radius 3 is 2.47 bits per heavy atom. The summed E-state index contributed by atoms with van der Waals surface area (Å²) in [4.78, 5) is 10.5. The summed E-state index contributed by atoms with van der Waals surface area (Å²) in [6.07, 6.45) is 0.0705. The summed E-state index contributed by atoms with van der Waals surface area (Å²) in [7, 11) is 1.65. The predicted octanol–water partition coefficient (Wildman–Crippen LogP) is 1.07. The molecule has 0 amide bonds. The molecule has 0 aliphatic heterocycles. The first kappa shape index (κ1) is 15.6. The van der Waals surface area contributed by atoms with Crippen molar-refractivity contribution < 1.29 is 19.4 Å². The van der Waals surface area contributed by atoms with Gasteiger partial charge in [0.1, 0.15) is 0 Å². The molecule has 0 heterocycles. The van der Waals surface area contributed by atoms with Gasteiger partial charge in [-0.2, -0.15) is 0 Å². The molecule has 5 nitrogen and oxygen atoms in total. The minimum atomic E-state index is -0.806. The lowest BCUT2D eigenvalue weighted by atomic mass is 10.1. The lowest BCUT2D eigenvalue weighted by Crippen LogP contribution is -2.20. The fourth-order valence-electron chi connectivity index (χ4n) is 1.57. The number of hydrogen-bond donors (Lipinski definition) is 2. The summed E-state index contributed by atoms with van der Waals surface area (Å²) in [5.41, 5.74) is 1.95. The van der Waals surface area contributed by atoms with E-state index >= 15 is 0 Å². The molecule has 0 aromatic heterocycles. The highest BCUT2D eigenvalue weighted by Gasteiger charge is 2.00. The molecule has 0 fully saturated rings. The molecule has 106 valence electrons. The van der Waals surface area contributed by atoms with E-state index in [2.05, 4.69) is 5.32 Å². The molecule has 2 N–H and O–H groups in total. The molecule has 0 saturated heterocycles. The lowest BCUT2D eigenvalue weighted by Gasteiger charge is -2.06. The number of carboxylic acid groups (broad SMARTS) is 1. The summed E-state index contributed by atoms with van der Waals surface area (Å²) in [5, 5.41) is 11.9. The average molecular weight is 267 g/mol. The zero-order valence-electron chi connectivity index (χ0n) is 11.2. The van der Waals surface area contributed by atoms with Crippen LogP contribution in [0.15, 0.2) is 24.3 Å². The van der Waals surface area contributed by atoms with Crippen LogP contribution in [0, 0.1) is 0 Å². The van der Waals surface area contributed by atoms with E-state index < -0.39 is 5.97 Å². The van der Waals surface area contributed by atoms with Crippen LogP contribution in [0.4, 0.5) is 0 Å². The molecule has 0 radical (unpaired) electrons. The average Bonchev–Trinajstić information content (AvgIpc) is 2.39. The maximum absolute atomic E-state index is 10.5. The topological polar surface area (TPSA) is 67.8 Å². The third-order valence-electron chi connectivity index (χ3n) is 2.56. The van der Waals surface area contributed by atoms with Crippen molar-refractivity contribution in [3.05, 3.63) is 35.4 Å². The second kappa shape index (κ2) is 9.49. The van der Waals surface area contributed by atoms with Gasteiger partial charge in [-0.1, -0.05) is 24.3 Å². The first-order valence-corrected chi connectivity index (χ1v) is 6.29. The lowest BCUT2D eigenvalue weighted by molar-refractivity contribution is -0.136. The predicted molar refractivity (Wildman–Crippen MR) is 72.2 cm³/mol. The van der Waals surface area contributed by atoms with Gasteiger partial charge in [0, 0.05) is 20.2 Å². The Morgan fingerprint density at radius 2 is 1.84 bits per heavy atom. The van der Waals surface area contributed by atoms with Gasteiger partial charge in [0.15, 0.2) is 0 Å². The summed E-state index contributed by atoms with van der Waals surface area (Å²) >= 11 is 0. The second-order valence-electron chi connectivity index (χ2n) is 4.17. The third kappa shape index (κ3) is 7.56. The third-order valence-corrected chi connectivity index (χ3v) is 2.56. The Balaban J connectivity index is 2.14. The summed E-state index contributed by atoms with van der Waals surface area (Å²) in [5.74, 6) is -0.806. The van der Waals surface area contributed by atoms with Crippen LogP contribution in [0.1, 0.15) is 11.1 Å². The van der Waals surface area contributed by atoms with E-state index in [9.17, 15) is 4.79 Å². The van der Waals surface area contributed by atoms with Gasteiger partial charge in [-0.05, 0) is 11.1 Å². The van der Waals surface area contributed by atoms with Crippen molar-refractivity contribution in [3.63, 3.8) is 0 Å². The van der Waals surface area contributed by atoms with Gasteiger partial charge in [0.05, 0.1) is 26.2 Å². The van der Waals surface area contributed by atoms with Gasteiger partial charge in [-0.3, -0.25) is 4.79 Å². The normalized spacial score (nSPS) is 10.6. The largest absolute Gasteiger partial charge is 0.481 e. The summed E-state index contributed by atoms with van der Waals surface area (Å²) in [6, 6.07) is 7.58. The van der Waals surface area contributed by atoms with E-state index in [1.54, 1.807) is 7.11 Å². The molecule has 1 aromatic rings. The van der Waals surface area contributed by atoms with Crippen molar-refractivity contribution in [2.75, 3.05) is 33.5 Å². The molecule has 5 heteroatoms. The van der Waals surface area contributed by atoms with Crippen LogP contribution in [-0.4, -0.2) is 44.6 Å². The number of carbonyl (C=O) groups is 1. The molecular formula is C14H21NO4. The van der Waals surface area contributed by atoms with Crippen molar-refractivity contribution >= 4 is 5.97 Å². The fourth-order valence-corrected chi connectivity index (χ4v) is 1.57. The van der Waals surface area contributed by atoms with Crippen molar-refractivity contribution in [3.8, 4) is 0 Å². The van der Waals surface area contributed by atoms with Gasteiger partial charge in [0.2, 0.25) is 0 Å². The molecule has 0 aliphatic rings. The number of benzene rings is 1. The highest BCUT2D eigenvalue weighted by Crippen LogP contribution is 2.05. The molecule has 0 atom stereocenters. The van der Waals surface area contributed by atoms with Gasteiger partial charge in [0.25, 0.3) is 0 Å². The molecule has 19 heavy (non-hydrogen) atoms. The fraction of sp³-hybridized carbons (Fsp3) is 0.500. The number of hydrogen-bond acceptors (Lipinski definition) is 4. The van der Waals surface area contributed by atoms with Gasteiger partial charge >= 0.3 is 5.97 Å². The molecule has 0 bridgehead atoms. The van der Waals surface area contributed by atoms with Crippen molar-refractivity contribution in [1.29, 1.82) is 0 Å². The van der Waals surface area contributed by atoms with E-state index in [0.29, 0.717) is 19.8 Å². The van der Waals surface area contributed by atoms with Crippen LogP contribution in [0.5, 0.6) is 0 Å². The molecule has 0 spiro atoms. The quantitative estimate of drug-likeness (QED) is 0.621. The van der Waals surface area contributed by atoms with E-state index in [1.807, 2.05) is 24.3 Å². The number of rotatable bonds is 10. The molecule has 0 saturated carbocycles. The van der Waals surface area contributed by atoms with E-state index in [0.717, 1.165) is 24.2 Å². The first-order chi connectivity index (χ1) is 9.22. The van der Waals surface area contributed by atoms with Crippen LogP contribution < -0.4 is 5.32 Å². The highest BCUT2D eigenvalue weighted by molar-refractivity contribution is 5.70. The maximum Gasteiger partial charge on any atom is 0.307 e. The standard InChI is InChI=1S/C14H21NO4/c1-18-8-9-19-7-6-15-11-13-4-2-12(3-5-13)10-14(16)17/h2-5,15H,6-11H2,1H3,(H,16,17). The Kier molecular flexibility index (Phi) is 7.81. The van der Waals surface area contributed by atoms with Gasteiger partial charge in [-0.15, -0.1) is 0 Å². The van der Waals surface area contributed by atoms with Gasteiger partial charge < -0.3 is 19.9 Å². The Labute approximate surface area is 113 Å². The Hall–Kier alpha value is -1.43. The van der Waals surface area contributed by atoms with Crippen LogP contribution in [0.3, 0.4) is 0 Å². The number of carboxylic acids is 1. The second-order valence-corrected chi connectivity index (χ2v) is 4.17. The molecule has 1 rings (SSSR count). The minimum absolute atomic E-state index is 0.0705. The van der Waals surface area contributed by atoms with Crippen molar-refractivity contribution in [2.45, 2.75) is 13.0 Å². The number of methoxy groups -OCH3 is 1. The highest BCUT2D eigenvalue weighted by atomic mass is 16.5. The van der Waals surface area contributed by atoms with Crippen LogP contribution >= 0.6 is 0 Å². The number of ether oxygens (including phenoxy) is 2. The molecule has 0 aliphatic carbocycles. The molecule has 0 unspecified atom stereocenters. The van der Waals surface area contributed by atoms with Crippen LogP contribution in [-0.2, 0) is 27.2 Å². The Bertz CT molecular complexity index is 364. The smallest absolute Gasteiger partial charge is 0.307 e. The van der Waals surface area contributed by atoms with Crippen LogP contribution in [0.2, 0.25) is 0 Å². The maximum atomic E-state index is 10.5. The summed E-state index contributed by atoms with van der Waals surface area (Å²) in [6.45, 7) is 3.41. The van der Waals surface area contributed by atoms with Crippen molar-refractivity contribution in [1.82, 2.24) is 5.32 Å². The van der Waals surface area contributed by atoms with Gasteiger partial charge in [-0.25, -0.2) is 0 Å². The molecule has 1 aromatic carbocycles. The first-order valence-electron chi connectivity index (χ1n) is 6.29.